The summed E-state index contributed by atoms with van der Waals surface area (Å²) >= 11 is 0. The molecule has 1 aromatic carbocycles. The number of hydrogen-bond donors (Lipinski definition) is 1. The van der Waals surface area contributed by atoms with E-state index in [4.69, 9.17) is 5.26 Å². The molecule has 0 radical (unpaired) electrons. The first-order chi connectivity index (χ1) is 7.92. The molecule has 0 heterocycles. The van der Waals surface area contributed by atoms with Crippen LogP contribution in [0.1, 0.15) is 13.3 Å². The van der Waals surface area contributed by atoms with Gasteiger partial charge in [0.1, 0.15) is 17.3 Å². The minimum atomic E-state index is -4.11. The monoisotopic (exact) mass is 260 g/mol. The quantitative estimate of drug-likeness (QED) is 0.900. The third-order valence-electron chi connectivity index (χ3n) is 2.10. The first kappa shape index (κ1) is 13.4. The maximum absolute atomic E-state index is 13.2. The number of anilines is 1. The largest absolute Gasteiger partial charge is 0.277 e. The number of sulfonamides is 1. The van der Waals surface area contributed by atoms with Gasteiger partial charge in [-0.05, 0) is 18.6 Å². The Hall–Kier alpha value is -1.68. The van der Waals surface area contributed by atoms with Gasteiger partial charge < -0.3 is 0 Å². The molecule has 0 saturated carbocycles. The third kappa shape index (κ3) is 2.91. The third-order valence-corrected chi connectivity index (χ3v) is 3.77. The number of para-hydroxylation sites is 1. The summed E-state index contributed by atoms with van der Waals surface area (Å²) in [7, 11) is -4.11. The van der Waals surface area contributed by atoms with Crippen LogP contribution in [0.2, 0.25) is 0 Å². The van der Waals surface area contributed by atoms with Crippen LogP contribution in [0.15, 0.2) is 18.2 Å². The molecule has 0 spiro atoms. The summed E-state index contributed by atoms with van der Waals surface area (Å²) in [5.74, 6) is -2.05. The summed E-state index contributed by atoms with van der Waals surface area (Å²) in [6.45, 7) is 1.49. The highest BCUT2D eigenvalue weighted by Gasteiger charge is 2.25. The summed E-state index contributed by atoms with van der Waals surface area (Å²) in [5, 5.41) is 7.28. The first-order valence-electron chi connectivity index (χ1n) is 4.77. The average molecular weight is 260 g/mol. The van der Waals surface area contributed by atoms with E-state index in [1.807, 2.05) is 0 Å². The topological polar surface area (TPSA) is 70.0 Å². The van der Waals surface area contributed by atoms with Gasteiger partial charge in [0.05, 0.1) is 6.07 Å². The second-order valence-corrected chi connectivity index (χ2v) is 5.13. The SMILES string of the molecule is CCC(C#N)S(=O)(=O)Nc1c(F)cccc1F. The molecule has 0 saturated heterocycles. The number of benzene rings is 1. The highest BCUT2D eigenvalue weighted by Crippen LogP contribution is 2.21. The number of nitrogens with zero attached hydrogens (tertiary/aromatic N) is 1. The van der Waals surface area contributed by atoms with Crippen LogP contribution in [-0.4, -0.2) is 13.7 Å². The molecule has 0 bridgehead atoms. The van der Waals surface area contributed by atoms with Crippen molar-refractivity contribution in [3.8, 4) is 6.07 Å². The lowest BCUT2D eigenvalue weighted by molar-refractivity contribution is 0.579. The van der Waals surface area contributed by atoms with E-state index in [9.17, 15) is 17.2 Å². The Morgan fingerprint density at radius 3 is 2.35 bits per heavy atom. The summed E-state index contributed by atoms with van der Waals surface area (Å²) in [5.41, 5.74) is -0.763. The molecule has 1 aromatic rings. The van der Waals surface area contributed by atoms with Gasteiger partial charge in [-0.25, -0.2) is 17.2 Å². The van der Waals surface area contributed by atoms with Crippen molar-refractivity contribution in [3.63, 3.8) is 0 Å². The number of nitriles is 1. The van der Waals surface area contributed by atoms with Gasteiger partial charge in [-0.3, -0.25) is 4.72 Å². The van der Waals surface area contributed by atoms with E-state index in [1.165, 1.54) is 6.92 Å². The molecule has 92 valence electrons. The maximum atomic E-state index is 13.2. The minimum Gasteiger partial charge on any atom is -0.277 e. The molecule has 7 heteroatoms. The second kappa shape index (κ2) is 5.10. The molecule has 1 N–H and O–H groups in total. The van der Waals surface area contributed by atoms with Crippen molar-refractivity contribution in [1.29, 1.82) is 5.26 Å². The van der Waals surface area contributed by atoms with Crippen molar-refractivity contribution in [1.82, 2.24) is 0 Å². The molecule has 0 aromatic heterocycles. The lowest BCUT2D eigenvalue weighted by atomic mass is 10.3. The lowest BCUT2D eigenvalue weighted by Gasteiger charge is -2.12. The first-order valence-corrected chi connectivity index (χ1v) is 6.32. The highest BCUT2D eigenvalue weighted by atomic mass is 32.2. The van der Waals surface area contributed by atoms with E-state index in [2.05, 4.69) is 0 Å². The van der Waals surface area contributed by atoms with Crippen molar-refractivity contribution in [3.05, 3.63) is 29.8 Å². The van der Waals surface area contributed by atoms with E-state index in [-0.39, 0.29) is 6.42 Å². The lowest BCUT2D eigenvalue weighted by Crippen LogP contribution is -2.26. The fraction of sp³-hybridized carbons (Fsp3) is 0.300. The fourth-order valence-corrected chi connectivity index (χ4v) is 2.39. The Morgan fingerprint density at radius 2 is 1.94 bits per heavy atom. The van der Waals surface area contributed by atoms with Gasteiger partial charge in [0.2, 0.25) is 10.0 Å². The van der Waals surface area contributed by atoms with E-state index >= 15 is 0 Å². The average Bonchev–Trinajstić information content (AvgIpc) is 2.25. The molecule has 1 unspecified atom stereocenters. The minimum absolute atomic E-state index is 0.0297. The molecule has 0 fully saturated rings. The van der Waals surface area contributed by atoms with Crippen LogP contribution in [0.4, 0.5) is 14.5 Å². The van der Waals surface area contributed by atoms with Crippen LogP contribution >= 0.6 is 0 Å². The van der Waals surface area contributed by atoms with E-state index in [0.29, 0.717) is 0 Å². The molecular weight excluding hydrogens is 250 g/mol. The van der Waals surface area contributed by atoms with Gasteiger partial charge in [0, 0.05) is 0 Å². The number of nitrogens with one attached hydrogen (secondary N) is 1. The van der Waals surface area contributed by atoms with Crippen molar-refractivity contribution >= 4 is 15.7 Å². The standard InChI is InChI=1S/C10H10F2N2O2S/c1-2-7(6-13)17(15,16)14-10-8(11)4-3-5-9(10)12/h3-5,7,14H,2H2,1H3. The van der Waals surface area contributed by atoms with Crippen LogP contribution in [-0.2, 0) is 10.0 Å². The normalized spacial score (nSPS) is 12.8. The summed E-state index contributed by atoms with van der Waals surface area (Å²) < 4.78 is 51.4. The highest BCUT2D eigenvalue weighted by molar-refractivity contribution is 7.93. The molecule has 0 amide bonds. The van der Waals surface area contributed by atoms with Crippen LogP contribution in [0.25, 0.3) is 0 Å². The zero-order valence-electron chi connectivity index (χ0n) is 8.94. The van der Waals surface area contributed by atoms with Crippen LogP contribution in [0, 0.1) is 23.0 Å². The Balaban J connectivity index is 3.12. The smallest absolute Gasteiger partial charge is 0.249 e. The van der Waals surface area contributed by atoms with Crippen molar-refractivity contribution in [2.45, 2.75) is 18.6 Å². The fourth-order valence-electron chi connectivity index (χ4n) is 1.19. The van der Waals surface area contributed by atoms with E-state index in [1.54, 1.807) is 10.8 Å². The van der Waals surface area contributed by atoms with Crippen LogP contribution in [0.3, 0.4) is 0 Å². The molecule has 1 rings (SSSR count). The van der Waals surface area contributed by atoms with Crippen molar-refractivity contribution < 1.29 is 17.2 Å². The predicted octanol–water partition coefficient (Wildman–Crippen LogP) is 2.01. The summed E-state index contributed by atoms with van der Waals surface area (Å²) in [4.78, 5) is 0. The second-order valence-electron chi connectivity index (χ2n) is 3.27. The van der Waals surface area contributed by atoms with Crippen molar-refractivity contribution in [2.24, 2.45) is 0 Å². The van der Waals surface area contributed by atoms with Gasteiger partial charge >= 0.3 is 0 Å². The molecule has 1 atom stereocenters. The molecule has 0 aliphatic rings. The number of rotatable bonds is 4. The molecule has 4 nitrogen and oxygen atoms in total. The molecule has 0 aliphatic carbocycles. The van der Waals surface area contributed by atoms with Gasteiger partial charge in [-0.15, -0.1) is 0 Å². The van der Waals surface area contributed by atoms with Gasteiger partial charge in [-0.2, -0.15) is 5.26 Å². The van der Waals surface area contributed by atoms with Crippen molar-refractivity contribution in [2.75, 3.05) is 4.72 Å². The van der Waals surface area contributed by atoms with Gasteiger partial charge in [0.25, 0.3) is 0 Å². The van der Waals surface area contributed by atoms with E-state index < -0.39 is 32.6 Å². The molecular formula is C10H10F2N2O2S. The number of halogens is 2. The maximum Gasteiger partial charge on any atom is 0.249 e. The molecule has 17 heavy (non-hydrogen) atoms. The van der Waals surface area contributed by atoms with Gasteiger partial charge in [0.15, 0.2) is 5.25 Å². The van der Waals surface area contributed by atoms with Crippen LogP contribution in [0.5, 0.6) is 0 Å². The van der Waals surface area contributed by atoms with Gasteiger partial charge in [-0.1, -0.05) is 13.0 Å². The Labute approximate surface area is 97.9 Å². The zero-order valence-corrected chi connectivity index (χ0v) is 9.76. The predicted molar refractivity (Wildman–Crippen MR) is 58.6 cm³/mol. The Bertz CT molecular complexity index is 532. The Morgan fingerprint density at radius 1 is 1.41 bits per heavy atom. The summed E-state index contributed by atoms with van der Waals surface area (Å²) in [6.07, 6.45) is 0.0297. The summed E-state index contributed by atoms with van der Waals surface area (Å²) in [6, 6.07) is 4.52. The van der Waals surface area contributed by atoms with Crippen LogP contribution < -0.4 is 4.72 Å². The van der Waals surface area contributed by atoms with E-state index in [0.717, 1.165) is 18.2 Å². The number of hydrogen-bond acceptors (Lipinski definition) is 3. The Kier molecular flexibility index (Phi) is 4.02. The zero-order chi connectivity index (χ0) is 13.1. The molecule has 0 aliphatic heterocycles.